The topological polar surface area (TPSA) is 36.4 Å². The summed E-state index contributed by atoms with van der Waals surface area (Å²) in [4.78, 5) is 6.69. The molecule has 2 heterocycles. The third-order valence-electron chi connectivity index (χ3n) is 3.17. The first-order chi connectivity index (χ1) is 7.77. The molecule has 0 unspecified atom stereocenters. The van der Waals surface area contributed by atoms with Crippen LogP contribution < -0.4 is 4.90 Å². The van der Waals surface area contributed by atoms with Crippen LogP contribution in [0.5, 0.6) is 0 Å². The molecule has 1 aromatic rings. The molecule has 1 atom stereocenters. The molecule has 0 amide bonds. The van der Waals surface area contributed by atoms with E-state index < -0.39 is 6.10 Å². The first-order valence-electron chi connectivity index (χ1n) is 6.16. The fourth-order valence-corrected chi connectivity index (χ4v) is 2.16. The second kappa shape index (κ2) is 5.30. The largest absolute Gasteiger partial charge is 0.387 e. The molecule has 0 saturated carbocycles. The molecule has 0 aromatic carbocycles. The smallest absolute Gasteiger partial charge is 0.0931 e. The highest BCUT2D eigenvalue weighted by Gasteiger charge is 2.10. The van der Waals surface area contributed by atoms with E-state index in [9.17, 15) is 5.11 Å². The molecular formula is C13H20N2O. The lowest BCUT2D eigenvalue weighted by Crippen LogP contribution is -2.23. The quantitative estimate of drug-likeness (QED) is 0.832. The van der Waals surface area contributed by atoms with Gasteiger partial charge >= 0.3 is 0 Å². The molecule has 1 N–H and O–H groups in total. The molecule has 16 heavy (non-hydrogen) atoms. The molecule has 1 saturated heterocycles. The van der Waals surface area contributed by atoms with Gasteiger partial charge in [0.15, 0.2) is 0 Å². The van der Waals surface area contributed by atoms with E-state index in [1.54, 1.807) is 6.92 Å². The highest BCUT2D eigenvalue weighted by Crippen LogP contribution is 2.20. The Balaban J connectivity index is 2.07. The molecular weight excluding hydrogens is 200 g/mol. The molecule has 3 nitrogen and oxygen atoms in total. The van der Waals surface area contributed by atoms with Crippen LogP contribution in [0.4, 0.5) is 5.69 Å². The molecule has 2 rings (SSSR count). The fourth-order valence-electron chi connectivity index (χ4n) is 2.16. The number of pyridine rings is 1. The molecule has 3 heteroatoms. The van der Waals surface area contributed by atoms with Gasteiger partial charge in [-0.3, -0.25) is 4.98 Å². The summed E-state index contributed by atoms with van der Waals surface area (Å²) in [6.07, 6.45) is 6.65. The molecule has 88 valence electrons. The van der Waals surface area contributed by atoms with Crippen molar-refractivity contribution in [2.75, 3.05) is 18.0 Å². The standard InChI is InChI=1S/C13H20N2O/c1-11(16)13-7-6-12(10-14-13)15-8-4-2-3-5-9-15/h6-7,10-11,16H,2-5,8-9H2,1H3/t11-/m0/s1. The van der Waals surface area contributed by atoms with Crippen LogP contribution in [0.3, 0.4) is 0 Å². The number of aliphatic hydroxyl groups excluding tert-OH is 1. The SMILES string of the molecule is C[C@H](O)c1ccc(N2CCCCCC2)cn1. The molecule has 0 spiro atoms. The van der Waals surface area contributed by atoms with Gasteiger partial charge in [-0.25, -0.2) is 0 Å². The lowest BCUT2D eigenvalue weighted by atomic mass is 10.2. The van der Waals surface area contributed by atoms with Crippen LogP contribution in [0, 0.1) is 0 Å². The minimum atomic E-state index is -0.474. The summed E-state index contributed by atoms with van der Waals surface area (Å²) < 4.78 is 0. The highest BCUT2D eigenvalue weighted by molar-refractivity contribution is 5.44. The van der Waals surface area contributed by atoms with E-state index in [4.69, 9.17) is 0 Å². The van der Waals surface area contributed by atoms with Crippen LogP contribution in [0.15, 0.2) is 18.3 Å². The summed E-state index contributed by atoms with van der Waals surface area (Å²) in [6, 6.07) is 3.99. The van der Waals surface area contributed by atoms with Crippen LogP contribution in [-0.4, -0.2) is 23.2 Å². The third-order valence-corrected chi connectivity index (χ3v) is 3.17. The van der Waals surface area contributed by atoms with Gasteiger partial charge in [-0.1, -0.05) is 12.8 Å². The van der Waals surface area contributed by atoms with Crippen molar-refractivity contribution in [1.82, 2.24) is 4.98 Å². The number of anilines is 1. The molecule has 1 fully saturated rings. The average molecular weight is 220 g/mol. The van der Waals surface area contributed by atoms with Crippen LogP contribution in [0.1, 0.15) is 44.4 Å². The van der Waals surface area contributed by atoms with Gasteiger partial charge in [-0.05, 0) is 31.9 Å². The first kappa shape index (κ1) is 11.4. The summed E-state index contributed by atoms with van der Waals surface area (Å²) in [6.45, 7) is 4.01. The Morgan fingerprint density at radius 1 is 1.19 bits per heavy atom. The molecule has 1 aliphatic heterocycles. The average Bonchev–Trinajstić information content (AvgIpc) is 2.57. The second-order valence-electron chi connectivity index (χ2n) is 4.52. The van der Waals surface area contributed by atoms with Crippen molar-refractivity contribution < 1.29 is 5.11 Å². The molecule has 0 bridgehead atoms. The van der Waals surface area contributed by atoms with Crippen molar-refractivity contribution in [3.63, 3.8) is 0 Å². The summed E-state index contributed by atoms with van der Waals surface area (Å²) in [5.41, 5.74) is 1.94. The minimum Gasteiger partial charge on any atom is -0.387 e. The van der Waals surface area contributed by atoms with E-state index in [0.717, 1.165) is 18.8 Å². The van der Waals surface area contributed by atoms with E-state index >= 15 is 0 Å². The molecule has 1 aromatic heterocycles. The van der Waals surface area contributed by atoms with Gasteiger partial charge < -0.3 is 10.0 Å². The Morgan fingerprint density at radius 3 is 2.38 bits per heavy atom. The number of aliphatic hydroxyl groups is 1. The first-order valence-corrected chi connectivity index (χ1v) is 6.16. The Labute approximate surface area is 97.1 Å². The van der Waals surface area contributed by atoms with Crippen LogP contribution in [-0.2, 0) is 0 Å². The normalized spacial score (nSPS) is 19.2. The summed E-state index contributed by atoms with van der Waals surface area (Å²) in [7, 11) is 0. The lowest BCUT2D eigenvalue weighted by Gasteiger charge is -2.22. The van der Waals surface area contributed by atoms with Crippen molar-refractivity contribution in [1.29, 1.82) is 0 Å². The van der Waals surface area contributed by atoms with E-state index in [2.05, 4.69) is 16.0 Å². The van der Waals surface area contributed by atoms with Gasteiger partial charge in [0.1, 0.15) is 0 Å². The van der Waals surface area contributed by atoms with Gasteiger partial charge in [-0.2, -0.15) is 0 Å². The zero-order valence-corrected chi connectivity index (χ0v) is 9.89. The van der Waals surface area contributed by atoms with Crippen molar-refractivity contribution in [3.8, 4) is 0 Å². The summed E-state index contributed by atoms with van der Waals surface area (Å²) in [5, 5.41) is 9.39. The number of hydrogen-bond acceptors (Lipinski definition) is 3. The fraction of sp³-hybridized carbons (Fsp3) is 0.615. The number of hydrogen-bond donors (Lipinski definition) is 1. The summed E-state index contributed by atoms with van der Waals surface area (Å²) >= 11 is 0. The molecule has 1 aliphatic rings. The Kier molecular flexibility index (Phi) is 3.78. The second-order valence-corrected chi connectivity index (χ2v) is 4.52. The van der Waals surface area contributed by atoms with E-state index in [-0.39, 0.29) is 0 Å². The molecule has 0 radical (unpaired) electrons. The van der Waals surface area contributed by atoms with Gasteiger partial charge in [0.05, 0.1) is 23.7 Å². The Bertz CT molecular complexity index is 313. The van der Waals surface area contributed by atoms with Gasteiger partial charge in [0, 0.05) is 13.1 Å². The third kappa shape index (κ3) is 2.73. The van der Waals surface area contributed by atoms with Gasteiger partial charge in [0.2, 0.25) is 0 Å². The van der Waals surface area contributed by atoms with Crippen molar-refractivity contribution in [2.45, 2.75) is 38.7 Å². The lowest BCUT2D eigenvalue weighted by molar-refractivity contribution is 0.194. The molecule has 0 aliphatic carbocycles. The van der Waals surface area contributed by atoms with Crippen LogP contribution in [0.2, 0.25) is 0 Å². The number of rotatable bonds is 2. The predicted molar refractivity (Wildman–Crippen MR) is 65.6 cm³/mol. The van der Waals surface area contributed by atoms with Crippen molar-refractivity contribution in [3.05, 3.63) is 24.0 Å². The maximum Gasteiger partial charge on any atom is 0.0931 e. The van der Waals surface area contributed by atoms with Crippen molar-refractivity contribution in [2.24, 2.45) is 0 Å². The maximum atomic E-state index is 9.39. The van der Waals surface area contributed by atoms with E-state index in [1.165, 1.54) is 31.4 Å². The monoisotopic (exact) mass is 220 g/mol. The maximum absolute atomic E-state index is 9.39. The zero-order chi connectivity index (χ0) is 11.4. The number of nitrogens with zero attached hydrogens (tertiary/aromatic N) is 2. The van der Waals surface area contributed by atoms with E-state index in [1.807, 2.05) is 12.3 Å². The Morgan fingerprint density at radius 2 is 1.88 bits per heavy atom. The van der Waals surface area contributed by atoms with E-state index in [0.29, 0.717) is 0 Å². The van der Waals surface area contributed by atoms with Crippen molar-refractivity contribution >= 4 is 5.69 Å². The van der Waals surface area contributed by atoms with Crippen LogP contribution in [0.25, 0.3) is 0 Å². The minimum absolute atomic E-state index is 0.474. The zero-order valence-electron chi connectivity index (χ0n) is 9.89. The van der Waals surface area contributed by atoms with Crippen LogP contribution >= 0.6 is 0 Å². The highest BCUT2D eigenvalue weighted by atomic mass is 16.3. The predicted octanol–water partition coefficient (Wildman–Crippen LogP) is 2.52. The Hall–Kier alpha value is -1.09. The van der Waals surface area contributed by atoms with Gasteiger partial charge in [-0.15, -0.1) is 0 Å². The van der Waals surface area contributed by atoms with Gasteiger partial charge in [0.25, 0.3) is 0 Å². The summed E-state index contributed by atoms with van der Waals surface area (Å²) in [5.74, 6) is 0. The number of aromatic nitrogens is 1.